The normalized spacial score (nSPS) is 18.1. The smallest absolute Gasteiger partial charge is 0.229 e. The van der Waals surface area contributed by atoms with E-state index in [0.717, 1.165) is 25.1 Å². The fourth-order valence-corrected chi connectivity index (χ4v) is 2.97. The maximum absolute atomic E-state index is 12.7. The molecule has 0 aliphatic carbocycles. The molecule has 0 bridgehead atoms. The van der Waals surface area contributed by atoms with E-state index in [9.17, 15) is 4.79 Å². The number of rotatable bonds is 5. The van der Waals surface area contributed by atoms with Crippen molar-refractivity contribution in [2.75, 3.05) is 6.54 Å². The van der Waals surface area contributed by atoms with Crippen LogP contribution in [-0.4, -0.2) is 37.3 Å². The van der Waals surface area contributed by atoms with E-state index in [1.54, 1.807) is 0 Å². The van der Waals surface area contributed by atoms with Crippen LogP contribution in [0.1, 0.15) is 75.9 Å². The number of hydrogen-bond donors (Lipinski definition) is 0. The molecule has 1 aliphatic heterocycles. The minimum absolute atomic E-state index is 0.0717. The van der Waals surface area contributed by atoms with E-state index in [1.165, 1.54) is 0 Å². The molecular formula is C17H25N5O2. The summed E-state index contributed by atoms with van der Waals surface area (Å²) in [7, 11) is 0. The van der Waals surface area contributed by atoms with Crippen LogP contribution in [0.2, 0.25) is 0 Å². The highest BCUT2D eigenvalue weighted by molar-refractivity contribution is 5.79. The summed E-state index contributed by atoms with van der Waals surface area (Å²) in [6.45, 7) is 8.90. The van der Waals surface area contributed by atoms with Crippen LogP contribution in [0.4, 0.5) is 0 Å². The Morgan fingerprint density at radius 3 is 2.79 bits per heavy atom. The van der Waals surface area contributed by atoms with E-state index >= 15 is 0 Å². The molecule has 0 N–H and O–H groups in total. The lowest BCUT2D eigenvalue weighted by Crippen LogP contribution is -2.32. The van der Waals surface area contributed by atoms with Crippen LogP contribution in [0.25, 0.3) is 0 Å². The fourth-order valence-electron chi connectivity index (χ4n) is 2.97. The van der Waals surface area contributed by atoms with Crippen LogP contribution in [0, 0.1) is 0 Å². The van der Waals surface area contributed by atoms with Gasteiger partial charge in [0.15, 0.2) is 5.82 Å². The molecule has 0 saturated carbocycles. The average Bonchev–Trinajstić information content (AvgIpc) is 3.26. The Labute approximate surface area is 142 Å². The Bertz CT molecular complexity index is 703. The standard InChI is InChI=1S/C17H25N5O2/c1-11(2)17-18-16(20-24-17)14-6-5-8-21(14)15(23)10-13-7-9-22(19-13)12(3)4/h7,9,11-12,14H,5-6,8,10H2,1-4H3. The molecule has 1 unspecified atom stereocenters. The molecule has 1 amide bonds. The predicted molar refractivity (Wildman–Crippen MR) is 88.4 cm³/mol. The molecule has 1 fully saturated rings. The Hall–Kier alpha value is -2.18. The third-order valence-electron chi connectivity index (χ3n) is 4.35. The number of aromatic nitrogens is 4. The number of likely N-dealkylation sites (tertiary alicyclic amines) is 1. The van der Waals surface area contributed by atoms with Gasteiger partial charge in [-0.15, -0.1) is 0 Å². The second-order valence-electron chi connectivity index (χ2n) is 6.95. The molecule has 0 spiro atoms. The Morgan fingerprint density at radius 2 is 2.17 bits per heavy atom. The van der Waals surface area contributed by atoms with Gasteiger partial charge in [0.25, 0.3) is 0 Å². The lowest BCUT2D eigenvalue weighted by molar-refractivity contribution is -0.131. The number of amides is 1. The van der Waals surface area contributed by atoms with Crippen LogP contribution < -0.4 is 0 Å². The molecule has 1 aliphatic rings. The molecule has 24 heavy (non-hydrogen) atoms. The second-order valence-corrected chi connectivity index (χ2v) is 6.95. The Morgan fingerprint density at radius 1 is 1.38 bits per heavy atom. The quantitative estimate of drug-likeness (QED) is 0.842. The number of nitrogens with zero attached hydrogens (tertiary/aromatic N) is 5. The largest absolute Gasteiger partial charge is 0.339 e. The third kappa shape index (κ3) is 3.34. The lowest BCUT2D eigenvalue weighted by atomic mass is 10.2. The summed E-state index contributed by atoms with van der Waals surface area (Å²) >= 11 is 0. The first-order valence-electron chi connectivity index (χ1n) is 8.62. The molecule has 2 aromatic heterocycles. The highest BCUT2D eigenvalue weighted by Crippen LogP contribution is 2.31. The third-order valence-corrected chi connectivity index (χ3v) is 4.35. The van der Waals surface area contributed by atoms with E-state index in [-0.39, 0.29) is 17.9 Å². The molecule has 7 nitrogen and oxygen atoms in total. The summed E-state index contributed by atoms with van der Waals surface area (Å²) in [4.78, 5) is 19.0. The van der Waals surface area contributed by atoms with E-state index in [1.807, 2.05) is 35.7 Å². The number of carbonyl (C=O) groups is 1. The van der Waals surface area contributed by atoms with Crippen molar-refractivity contribution in [3.63, 3.8) is 0 Å². The predicted octanol–water partition coefficient (Wildman–Crippen LogP) is 2.88. The maximum atomic E-state index is 12.7. The van der Waals surface area contributed by atoms with Gasteiger partial charge in [0, 0.05) is 24.7 Å². The van der Waals surface area contributed by atoms with Gasteiger partial charge in [-0.2, -0.15) is 10.1 Å². The first kappa shape index (κ1) is 16.7. The van der Waals surface area contributed by atoms with Crippen molar-refractivity contribution in [1.29, 1.82) is 0 Å². The van der Waals surface area contributed by atoms with Crippen LogP contribution in [0.3, 0.4) is 0 Å². The summed E-state index contributed by atoms with van der Waals surface area (Å²) in [6, 6.07) is 2.12. The Kier molecular flexibility index (Phi) is 4.69. The topological polar surface area (TPSA) is 77.1 Å². The molecule has 3 heterocycles. The maximum Gasteiger partial charge on any atom is 0.229 e. The van der Waals surface area contributed by atoms with Crippen molar-refractivity contribution < 1.29 is 9.32 Å². The van der Waals surface area contributed by atoms with Crippen molar-refractivity contribution in [2.24, 2.45) is 0 Å². The van der Waals surface area contributed by atoms with E-state index in [2.05, 4.69) is 29.1 Å². The summed E-state index contributed by atoms with van der Waals surface area (Å²) < 4.78 is 7.17. The minimum atomic E-state index is -0.0825. The van der Waals surface area contributed by atoms with Gasteiger partial charge in [0.1, 0.15) is 0 Å². The van der Waals surface area contributed by atoms with Crippen molar-refractivity contribution in [3.05, 3.63) is 29.7 Å². The molecule has 7 heteroatoms. The van der Waals surface area contributed by atoms with Gasteiger partial charge < -0.3 is 9.42 Å². The molecule has 0 radical (unpaired) electrons. The second kappa shape index (κ2) is 6.75. The average molecular weight is 331 g/mol. The fraction of sp³-hybridized carbons (Fsp3) is 0.647. The molecule has 3 rings (SSSR count). The highest BCUT2D eigenvalue weighted by Gasteiger charge is 2.33. The Balaban J connectivity index is 1.70. The van der Waals surface area contributed by atoms with Gasteiger partial charge in [0.05, 0.1) is 18.2 Å². The van der Waals surface area contributed by atoms with Gasteiger partial charge in [-0.3, -0.25) is 9.48 Å². The summed E-state index contributed by atoms with van der Waals surface area (Å²) in [6.07, 6.45) is 4.07. The van der Waals surface area contributed by atoms with E-state index in [0.29, 0.717) is 24.2 Å². The minimum Gasteiger partial charge on any atom is -0.339 e. The van der Waals surface area contributed by atoms with Gasteiger partial charge in [-0.25, -0.2) is 0 Å². The summed E-state index contributed by atoms with van der Waals surface area (Å²) in [5.74, 6) is 1.51. The van der Waals surface area contributed by atoms with E-state index < -0.39 is 0 Å². The summed E-state index contributed by atoms with van der Waals surface area (Å²) in [5.41, 5.74) is 0.801. The SMILES string of the molecule is CC(C)c1nc(C2CCCN2C(=O)Cc2ccn(C(C)C)n2)no1. The molecule has 130 valence electrons. The van der Waals surface area contributed by atoms with Gasteiger partial charge in [-0.1, -0.05) is 19.0 Å². The van der Waals surface area contributed by atoms with Gasteiger partial charge in [0.2, 0.25) is 11.8 Å². The van der Waals surface area contributed by atoms with Gasteiger partial charge >= 0.3 is 0 Å². The molecule has 0 aromatic carbocycles. The van der Waals surface area contributed by atoms with Crippen LogP contribution in [0.5, 0.6) is 0 Å². The van der Waals surface area contributed by atoms with Gasteiger partial charge in [-0.05, 0) is 32.8 Å². The first-order chi connectivity index (χ1) is 11.5. The van der Waals surface area contributed by atoms with Crippen LogP contribution in [-0.2, 0) is 11.2 Å². The zero-order chi connectivity index (χ0) is 17.3. The van der Waals surface area contributed by atoms with Crippen LogP contribution >= 0.6 is 0 Å². The monoisotopic (exact) mass is 331 g/mol. The molecular weight excluding hydrogens is 306 g/mol. The lowest BCUT2D eigenvalue weighted by Gasteiger charge is -2.21. The van der Waals surface area contributed by atoms with Crippen molar-refractivity contribution in [3.8, 4) is 0 Å². The van der Waals surface area contributed by atoms with Crippen LogP contribution in [0.15, 0.2) is 16.8 Å². The van der Waals surface area contributed by atoms with Crippen molar-refractivity contribution in [1.82, 2.24) is 24.8 Å². The molecule has 2 aromatic rings. The zero-order valence-electron chi connectivity index (χ0n) is 14.8. The number of hydrogen-bond acceptors (Lipinski definition) is 5. The molecule has 1 atom stereocenters. The zero-order valence-corrected chi connectivity index (χ0v) is 14.8. The number of carbonyl (C=O) groups excluding carboxylic acids is 1. The van der Waals surface area contributed by atoms with Crippen molar-refractivity contribution in [2.45, 2.75) is 65.0 Å². The first-order valence-corrected chi connectivity index (χ1v) is 8.62. The molecule has 1 saturated heterocycles. The highest BCUT2D eigenvalue weighted by atomic mass is 16.5. The summed E-state index contributed by atoms with van der Waals surface area (Å²) in [5, 5.41) is 8.55. The van der Waals surface area contributed by atoms with Crippen molar-refractivity contribution >= 4 is 5.91 Å². The van der Waals surface area contributed by atoms with E-state index in [4.69, 9.17) is 4.52 Å².